The second-order valence-corrected chi connectivity index (χ2v) is 4.69. The molecule has 0 aliphatic carbocycles. The van der Waals surface area contributed by atoms with E-state index in [4.69, 9.17) is 0 Å². The van der Waals surface area contributed by atoms with Crippen molar-refractivity contribution in [2.75, 3.05) is 12.4 Å². The summed E-state index contributed by atoms with van der Waals surface area (Å²) in [5.41, 5.74) is 1.29. The molecule has 0 aliphatic heterocycles. The molecule has 0 radical (unpaired) electrons. The van der Waals surface area contributed by atoms with E-state index in [1.165, 1.54) is 15.4 Å². The number of rotatable bonds is 3. The first-order valence-corrected chi connectivity index (χ1v) is 5.98. The molecular weight excluding hydrogens is 216 g/mol. The fraction of sp³-hybridized carbons (Fsp3) is 0.154. The maximum Gasteiger partial charge on any atom is 0.126 e. The molecule has 1 heterocycles. The molecule has 1 aromatic heterocycles. The third-order valence-electron chi connectivity index (χ3n) is 2.24. The van der Waals surface area contributed by atoms with E-state index in [0.29, 0.717) is 0 Å². The Bertz CT molecular complexity index is 466. The first kappa shape index (κ1) is 11.0. The van der Waals surface area contributed by atoms with Crippen LogP contribution in [0.15, 0.2) is 52.4 Å². The first-order valence-electron chi connectivity index (χ1n) is 5.16. The minimum Gasteiger partial charge on any atom is -0.373 e. The van der Waals surface area contributed by atoms with Crippen LogP contribution in [0.1, 0.15) is 5.56 Å². The van der Waals surface area contributed by atoms with E-state index in [-0.39, 0.29) is 0 Å². The van der Waals surface area contributed by atoms with Gasteiger partial charge in [-0.2, -0.15) is 0 Å². The molecule has 0 saturated carbocycles. The monoisotopic (exact) mass is 230 g/mol. The first-order chi connectivity index (χ1) is 7.78. The van der Waals surface area contributed by atoms with E-state index in [1.54, 1.807) is 11.8 Å². The highest BCUT2D eigenvalue weighted by molar-refractivity contribution is 7.99. The normalized spacial score (nSPS) is 10.1. The standard InChI is InChI=1S/C13H14N2S/c1-10-3-5-11(6-4-10)16-12-7-8-15-13(9-12)14-2/h3-9H,1-2H3,(H,14,15). The van der Waals surface area contributed by atoms with Crippen molar-refractivity contribution in [3.05, 3.63) is 48.2 Å². The fourth-order valence-electron chi connectivity index (χ4n) is 1.35. The molecule has 0 unspecified atom stereocenters. The van der Waals surface area contributed by atoms with Crippen LogP contribution >= 0.6 is 11.8 Å². The zero-order valence-electron chi connectivity index (χ0n) is 9.40. The largest absolute Gasteiger partial charge is 0.373 e. The number of hydrogen-bond donors (Lipinski definition) is 1. The SMILES string of the molecule is CNc1cc(Sc2ccc(C)cc2)ccn1. The van der Waals surface area contributed by atoms with Gasteiger partial charge in [0.2, 0.25) is 0 Å². The Balaban J connectivity index is 2.16. The minimum atomic E-state index is 0.900. The van der Waals surface area contributed by atoms with Gasteiger partial charge in [0.15, 0.2) is 0 Å². The minimum absolute atomic E-state index is 0.900. The Hall–Kier alpha value is -1.48. The van der Waals surface area contributed by atoms with Crippen molar-refractivity contribution in [3.63, 3.8) is 0 Å². The molecule has 0 atom stereocenters. The summed E-state index contributed by atoms with van der Waals surface area (Å²) in [6, 6.07) is 12.6. The molecule has 0 fully saturated rings. The van der Waals surface area contributed by atoms with Crippen LogP contribution in [0.25, 0.3) is 0 Å². The second-order valence-electron chi connectivity index (χ2n) is 3.54. The van der Waals surface area contributed by atoms with E-state index in [1.807, 2.05) is 25.4 Å². The highest BCUT2D eigenvalue weighted by atomic mass is 32.2. The predicted octanol–water partition coefficient (Wildman–Crippen LogP) is 3.58. The smallest absolute Gasteiger partial charge is 0.126 e. The van der Waals surface area contributed by atoms with Crippen molar-refractivity contribution in [1.29, 1.82) is 0 Å². The molecular formula is C13H14N2S. The summed E-state index contributed by atoms with van der Waals surface area (Å²) in [5, 5.41) is 3.04. The van der Waals surface area contributed by atoms with Gasteiger partial charge in [-0.05, 0) is 31.2 Å². The lowest BCUT2D eigenvalue weighted by atomic mass is 10.2. The average Bonchev–Trinajstić information content (AvgIpc) is 2.32. The number of benzene rings is 1. The van der Waals surface area contributed by atoms with Crippen LogP contribution in [0, 0.1) is 6.92 Å². The van der Waals surface area contributed by atoms with Crippen LogP contribution < -0.4 is 5.32 Å². The Labute approximate surface area is 100 Å². The molecule has 0 saturated heterocycles. The topological polar surface area (TPSA) is 24.9 Å². The van der Waals surface area contributed by atoms with Crippen LogP contribution in [-0.2, 0) is 0 Å². The van der Waals surface area contributed by atoms with E-state index >= 15 is 0 Å². The van der Waals surface area contributed by atoms with Crippen LogP contribution in [-0.4, -0.2) is 12.0 Å². The van der Waals surface area contributed by atoms with E-state index < -0.39 is 0 Å². The number of aromatic nitrogens is 1. The molecule has 1 N–H and O–H groups in total. The van der Waals surface area contributed by atoms with Crippen LogP contribution in [0.2, 0.25) is 0 Å². The van der Waals surface area contributed by atoms with Gasteiger partial charge in [-0.15, -0.1) is 0 Å². The van der Waals surface area contributed by atoms with E-state index in [2.05, 4.69) is 41.5 Å². The lowest BCUT2D eigenvalue weighted by molar-refractivity contribution is 1.23. The van der Waals surface area contributed by atoms with Gasteiger partial charge in [0, 0.05) is 23.0 Å². The molecule has 16 heavy (non-hydrogen) atoms. The zero-order chi connectivity index (χ0) is 11.4. The number of pyridine rings is 1. The Morgan fingerprint density at radius 1 is 1.06 bits per heavy atom. The zero-order valence-corrected chi connectivity index (χ0v) is 10.2. The number of aryl methyl sites for hydroxylation is 1. The van der Waals surface area contributed by atoms with Gasteiger partial charge in [-0.1, -0.05) is 29.5 Å². The predicted molar refractivity (Wildman–Crippen MR) is 69.1 cm³/mol. The highest BCUT2D eigenvalue weighted by Crippen LogP contribution is 2.28. The number of nitrogens with one attached hydrogen (secondary N) is 1. The second kappa shape index (κ2) is 5.03. The lowest BCUT2D eigenvalue weighted by Crippen LogP contribution is -1.90. The van der Waals surface area contributed by atoms with Gasteiger partial charge in [0.05, 0.1) is 0 Å². The van der Waals surface area contributed by atoms with Gasteiger partial charge in [0.25, 0.3) is 0 Å². The summed E-state index contributed by atoms with van der Waals surface area (Å²) in [7, 11) is 1.88. The van der Waals surface area contributed by atoms with Crippen LogP contribution in [0.5, 0.6) is 0 Å². The summed E-state index contributed by atoms with van der Waals surface area (Å²) in [4.78, 5) is 6.64. The van der Waals surface area contributed by atoms with Crippen LogP contribution in [0.3, 0.4) is 0 Å². The van der Waals surface area contributed by atoms with Gasteiger partial charge >= 0.3 is 0 Å². The Kier molecular flexibility index (Phi) is 3.47. The molecule has 2 aromatic rings. The van der Waals surface area contributed by atoms with Crippen molar-refractivity contribution in [2.45, 2.75) is 16.7 Å². The van der Waals surface area contributed by atoms with Crippen molar-refractivity contribution in [3.8, 4) is 0 Å². The van der Waals surface area contributed by atoms with Crippen molar-refractivity contribution >= 4 is 17.6 Å². The quantitative estimate of drug-likeness (QED) is 0.872. The van der Waals surface area contributed by atoms with Crippen molar-refractivity contribution < 1.29 is 0 Å². The number of nitrogens with zero attached hydrogens (tertiary/aromatic N) is 1. The Morgan fingerprint density at radius 3 is 2.50 bits per heavy atom. The van der Waals surface area contributed by atoms with Gasteiger partial charge in [-0.3, -0.25) is 0 Å². The maximum absolute atomic E-state index is 4.19. The molecule has 82 valence electrons. The fourth-order valence-corrected chi connectivity index (χ4v) is 2.20. The van der Waals surface area contributed by atoms with Crippen molar-refractivity contribution in [1.82, 2.24) is 4.98 Å². The van der Waals surface area contributed by atoms with Crippen molar-refractivity contribution in [2.24, 2.45) is 0 Å². The molecule has 0 spiro atoms. The average molecular weight is 230 g/mol. The summed E-state index contributed by atoms with van der Waals surface area (Å²) < 4.78 is 0. The van der Waals surface area contributed by atoms with Gasteiger partial charge in [-0.25, -0.2) is 4.98 Å². The summed E-state index contributed by atoms with van der Waals surface area (Å²) in [6.07, 6.45) is 1.82. The highest BCUT2D eigenvalue weighted by Gasteiger charge is 1.98. The molecule has 1 aromatic carbocycles. The molecule has 0 bridgehead atoms. The molecule has 2 nitrogen and oxygen atoms in total. The molecule has 0 aliphatic rings. The third kappa shape index (κ3) is 2.76. The van der Waals surface area contributed by atoms with Gasteiger partial charge < -0.3 is 5.32 Å². The lowest BCUT2D eigenvalue weighted by Gasteiger charge is -2.04. The van der Waals surface area contributed by atoms with E-state index in [0.717, 1.165) is 5.82 Å². The van der Waals surface area contributed by atoms with E-state index in [9.17, 15) is 0 Å². The Morgan fingerprint density at radius 2 is 1.81 bits per heavy atom. The summed E-state index contributed by atoms with van der Waals surface area (Å²) in [6.45, 7) is 2.10. The molecule has 2 rings (SSSR count). The summed E-state index contributed by atoms with van der Waals surface area (Å²) in [5.74, 6) is 0.900. The van der Waals surface area contributed by atoms with Gasteiger partial charge in [0.1, 0.15) is 5.82 Å². The number of anilines is 1. The molecule has 3 heteroatoms. The van der Waals surface area contributed by atoms with Crippen LogP contribution in [0.4, 0.5) is 5.82 Å². The maximum atomic E-state index is 4.19. The number of hydrogen-bond acceptors (Lipinski definition) is 3. The summed E-state index contributed by atoms with van der Waals surface area (Å²) >= 11 is 1.75. The third-order valence-corrected chi connectivity index (χ3v) is 3.24. The molecule has 0 amide bonds.